The van der Waals surface area contributed by atoms with Crippen molar-refractivity contribution in [3.05, 3.63) is 45.7 Å². The summed E-state index contributed by atoms with van der Waals surface area (Å²) < 4.78 is 6.53. The summed E-state index contributed by atoms with van der Waals surface area (Å²) in [7, 11) is 0. The van der Waals surface area contributed by atoms with E-state index in [-0.39, 0.29) is 17.2 Å². The highest BCUT2D eigenvalue weighted by Crippen LogP contribution is 2.17. The van der Waals surface area contributed by atoms with Crippen LogP contribution in [0.25, 0.3) is 0 Å². The maximum Gasteiger partial charge on any atom is 0.292 e. The molecule has 1 fully saturated rings. The summed E-state index contributed by atoms with van der Waals surface area (Å²) in [6, 6.07) is 3.35. The smallest absolute Gasteiger partial charge is 0.292 e. The summed E-state index contributed by atoms with van der Waals surface area (Å²) >= 11 is 0. The molecule has 26 heavy (non-hydrogen) atoms. The molecule has 0 spiro atoms. The van der Waals surface area contributed by atoms with Gasteiger partial charge in [-0.3, -0.25) is 14.5 Å². The molecule has 1 amide bonds. The van der Waals surface area contributed by atoms with Crippen LogP contribution in [-0.2, 0) is 19.4 Å². The molecule has 0 unspecified atom stereocenters. The van der Waals surface area contributed by atoms with Gasteiger partial charge in [0.1, 0.15) is 0 Å². The van der Waals surface area contributed by atoms with Gasteiger partial charge in [0.2, 0.25) is 5.76 Å². The Labute approximate surface area is 151 Å². The van der Waals surface area contributed by atoms with Gasteiger partial charge in [-0.1, -0.05) is 5.16 Å². The lowest BCUT2D eigenvalue weighted by molar-refractivity contribution is 0.0591. The zero-order chi connectivity index (χ0) is 17.9. The number of hydrogen-bond acceptors (Lipinski definition) is 6. The second-order valence-corrected chi connectivity index (χ2v) is 6.90. The van der Waals surface area contributed by atoms with Crippen LogP contribution in [0.3, 0.4) is 0 Å². The van der Waals surface area contributed by atoms with E-state index in [0.29, 0.717) is 19.6 Å². The topological polar surface area (TPSA) is 84.5 Å². The van der Waals surface area contributed by atoms with E-state index in [4.69, 9.17) is 4.52 Å². The molecule has 3 heterocycles. The fourth-order valence-electron chi connectivity index (χ4n) is 3.65. The molecule has 2 aromatic rings. The Morgan fingerprint density at radius 3 is 2.69 bits per heavy atom. The van der Waals surface area contributed by atoms with Crippen LogP contribution in [0.1, 0.15) is 34.7 Å². The molecule has 0 saturated carbocycles. The maximum atomic E-state index is 12.2. The molecule has 0 N–H and O–H groups in total. The van der Waals surface area contributed by atoms with E-state index < -0.39 is 0 Å². The predicted octanol–water partition coefficient (Wildman–Crippen LogP) is 0.568. The van der Waals surface area contributed by atoms with Crippen molar-refractivity contribution >= 4 is 5.91 Å². The third-order valence-electron chi connectivity index (χ3n) is 5.21. The van der Waals surface area contributed by atoms with E-state index >= 15 is 0 Å². The molecule has 138 valence electrons. The first-order chi connectivity index (χ1) is 12.7. The van der Waals surface area contributed by atoms with Gasteiger partial charge in [0.15, 0.2) is 0 Å². The minimum absolute atomic E-state index is 0.00946. The second-order valence-electron chi connectivity index (χ2n) is 6.90. The highest BCUT2D eigenvalue weighted by atomic mass is 16.5. The summed E-state index contributed by atoms with van der Waals surface area (Å²) in [5.74, 6) is 0.165. The Hall–Kier alpha value is -2.48. The number of nitrogens with zero attached hydrogens (tertiary/aromatic N) is 5. The summed E-state index contributed by atoms with van der Waals surface area (Å²) in [6.45, 7) is 4.19. The van der Waals surface area contributed by atoms with Gasteiger partial charge in [0.25, 0.3) is 11.5 Å². The zero-order valence-electron chi connectivity index (χ0n) is 14.8. The normalized spacial score (nSPS) is 17.9. The Kier molecular flexibility index (Phi) is 4.83. The van der Waals surface area contributed by atoms with Gasteiger partial charge in [-0.2, -0.15) is 5.10 Å². The number of fused-ring (bicyclic) bond motifs is 1. The lowest BCUT2D eigenvalue weighted by atomic mass is 9.97. The molecule has 4 rings (SSSR count). The highest BCUT2D eigenvalue weighted by Gasteiger charge is 2.24. The van der Waals surface area contributed by atoms with Crippen LogP contribution in [0.5, 0.6) is 0 Å². The van der Waals surface area contributed by atoms with Crippen LogP contribution >= 0.6 is 0 Å². The molecule has 0 atom stereocenters. The quantitative estimate of drug-likeness (QED) is 0.795. The van der Waals surface area contributed by atoms with Gasteiger partial charge in [-0.25, -0.2) is 4.68 Å². The van der Waals surface area contributed by atoms with Crippen LogP contribution < -0.4 is 5.56 Å². The van der Waals surface area contributed by atoms with Crippen LogP contribution in [-0.4, -0.2) is 63.4 Å². The van der Waals surface area contributed by atoms with E-state index in [1.807, 2.05) is 0 Å². The van der Waals surface area contributed by atoms with Crippen molar-refractivity contribution in [1.82, 2.24) is 24.7 Å². The number of aromatic nitrogens is 3. The maximum absolute atomic E-state index is 12.2. The van der Waals surface area contributed by atoms with Crippen molar-refractivity contribution in [1.29, 1.82) is 0 Å². The number of carbonyl (C=O) groups is 1. The van der Waals surface area contributed by atoms with Crippen molar-refractivity contribution in [3.63, 3.8) is 0 Å². The Balaban J connectivity index is 1.31. The minimum Gasteiger partial charge on any atom is -0.351 e. The Morgan fingerprint density at radius 1 is 1.12 bits per heavy atom. The number of carbonyl (C=O) groups excluding carboxylic acids is 1. The van der Waals surface area contributed by atoms with Crippen molar-refractivity contribution < 1.29 is 9.32 Å². The van der Waals surface area contributed by atoms with Gasteiger partial charge in [0.05, 0.1) is 18.4 Å². The average molecular weight is 357 g/mol. The van der Waals surface area contributed by atoms with E-state index in [2.05, 4.69) is 15.2 Å². The molecule has 8 heteroatoms. The van der Waals surface area contributed by atoms with Crippen molar-refractivity contribution in [3.8, 4) is 0 Å². The van der Waals surface area contributed by atoms with Gasteiger partial charge in [0, 0.05) is 44.9 Å². The predicted molar refractivity (Wildman–Crippen MR) is 94.0 cm³/mol. The first kappa shape index (κ1) is 17.0. The van der Waals surface area contributed by atoms with Crippen LogP contribution in [0, 0.1) is 0 Å². The van der Waals surface area contributed by atoms with E-state index in [1.165, 1.54) is 6.20 Å². The summed E-state index contributed by atoms with van der Waals surface area (Å²) in [5, 5.41) is 8.15. The Bertz CT molecular complexity index is 822. The fourth-order valence-corrected chi connectivity index (χ4v) is 3.65. The van der Waals surface area contributed by atoms with Crippen LogP contribution in [0.2, 0.25) is 0 Å². The monoisotopic (exact) mass is 357 g/mol. The lowest BCUT2D eigenvalue weighted by Crippen LogP contribution is -2.49. The average Bonchev–Trinajstić information content (AvgIpc) is 3.21. The summed E-state index contributed by atoms with van der Waals surface area (Å²) in [6.07, 6.45) is 5.72. The standard InChI is InChI=1S/C18H23N5O3/c24-17-13-14-3-1-2-4-15(14)20-23(17)12-9-21-7-10-22(11-8-21)18(25)16-5-6-19-26-16/h5-6,13H,1-4,7-12H2. The first-order valence-electron chi connectivity index (χ1n) is 9.23. The summed E-state index contributed by atoms with van der Waals surface area (Å²) in [4.78, 5) is 28.5. The molecule has 0 aromatic carbocycles. The van der Waals surface area contributed by atoms with E-state index in [9.17, 15) is 9.59 Å². The Morgan fingerprint density at radius 2 is 1.92 bits per heavy atom. The molecule has 8 nitrogen and oxygen atoms in total. The van der Waals surface area contributed by atoms with Gasteiger partial charge in [-0.15, -0.1) is 0 Å². The number of hydrogen-bond donors (Lipinski definition) is 0. The van der Waals surface area contributed by atoms with Gasteiger partial charge in [-0.05, 0) is 31.2 Å². The summed E-state index contributed by atoms with van der Waals surface area (Å²) in [5.41, 5.74) is 2.19. The molecule has 0 radical (unpaired) electrons. The number of amides is 1. The lowest BCUT2D eigenvalue weighted by Gasteiger charge is -2.34. The van der Waals surface area contributed by atoms with E-state index in [0.717, 1.165) is 56.6 Å². The molecule has 2 aromatic heterocycles. The third-order valence-corrected chi connectivity index (χ3v) is 5.21. The number of rotatable bonds is 4. The minimum atomic E-state index is -0.116. The van der Waals surface area contributed by atoms with E-state index in [1.54, 1.807) is 21.7 Å². The highest BCUT2D eigenvalue weighted by molar-refractivity contribution is 5.91. The van der Waals surface area contributed by atoms with Gasteiger partial charge < -0.3 is 9.42 Å². The largest absolute Gasteiger partial charge is 0.351 e. The number of aryl methyl sites for hydroxylation is 2. The van der Waals surface area contributed by atoms with Gasteiger partial charge >= 0.3 is 0 Å². The molecular formula is C18H23N5O3. The molecule has 2 aliphatic rings. The van der Waals surface area contributed by atoms with Crippen LogP contribution in [0.4, 0.5) is 0 Å². The number of piperazine rings is 1. The third kappa shape index (κ3) is 3.55. The zero-order valence-corrected chi connectivity index (χ0v) is 14.8. The van der Waals surface area contributed by atoms with Crippen LogP contribution in [0.15, 0.2) is 27.6 Å². The van der Waals surface area contributed by atoms with Crippen molar-refractivity contribution in [2.45, 2.75) is 32.2 Å². The molecule has 0 bridgehead atoms. The first-order valence-corrected chi connectivity index (χ1v) is 9.23. The van der Waals surface area contributed by atoms with Crippen molar-refractivity contribution in [2.24, 2.45) is 0 Å². The molecule has 1 aliphatic heterocycles. The molecule has 1 saturated heterocycles. The SMILES string of the molecule is O=C(c1ccno1)N1CCN(CCn2nc3c(cc2=O)CCCC3)CC1. The fraction of sp³-hybridized carbons (Fsp3) is 0.556. The molecular weight excluding hydrogens is 334 g/mol. The van der Waals surface area contributed by atoms with Crippen molar-refractivity contribution in [2.75, 3.05) is 32.7 Å². The second kappa shape index (κ2) is 7.41. The molecule has 1 aliphatic carbocycles.